The van der Waals surface area contributed by atoms with E-state index in [1.807, 2.05) is 6.07 Å². The number of ether oxygens (including phenoxy) is 1. The Bertz CT molecular complexity index is 699. The molecule has 2 saturated heterocycles. The van der Waals surface area contributed by atoms with Crippen LogP contribution in [-0.4, -0.2) is 71.3 Å². The highest BCUT2D eigenvalue weighted by Crippen LogP contribution is 2.26. The van der Waals surface area contributed by atoms with E-state index in [-0.39, 0.29) is 5.91 Å². The summed E-state index contributed by atoms with van der Waals surface area (Å²) in [7, 11) is 0. The van der Waals surface area contributed by atoms with Crippen LogP contribution in [0.5, 0.6) is 0 Å². The van der Waals surface area contributed by atoms with Crippen molar-refractivity contribution in [2.75, 3.05) is 32.8 Å². The molecule has 0 radical (unpaired) electrons. The van der Waals surface area contributed by atoms with E-state index in [9.17, 15) is 19.2 Å². The number of rotatable bonds is 4. The molecule has 2 heterocycles. The summed E-state index contributed by atoms with van der Waals surface area (Å²) in [6.07, 6.45) is 0. The van der Waals surface area contributed by atoms with Gasteiger partial charge in [-0.25, -0.2) is 14.6 Å². The van der Waals surface area contributed by atoms with Gasteiger partial charge in [0.05, 0.1) is 19.3 Å². The molecular formula is C17H19N3O5. The largest absolute Gasteiger partial charge is 0.378 e. The van der Waals surface area contributed by atoms with E-state index in [0.717, 1.165) is 15.4 Å². The van der Waals surface area contributed by atoms with Crippen molar-refractivity contribution >= 4 is 23.8 Å². The summed E-state index contributed by atoms with van der Waals surface area (Å²) >= 11 is 0. The van der Waals surface area contributed by atoms with Crippen LogP contribution in [0, 0.1) is 0 Å². The predicted molar refractivity (Wildman–Crippen MR) is 86.2 cm³/mol. The van der Waals surface area contributed by atoms with Gasteiger partial charge in [-0.3, -0.25) is 14.4 Å². The molecule has 2 aliphatic heterocycles. The Morgan fingerprint density at radius 2 is 1.72 bits per heavy atom. The Balaban J connectivity index is 1.74. The second-order valence-electron chi connectivity index (χ2n) is 5.93. The minimum Gasteiger partial charge on any atom is -0.378 e. The van der Waals surface area contributed by atoms with Gasteiger partial charge >= 0.3 is 17.8 Å². The van der Waals surface area contributed by atoms with Crippen LogP contribution >= 0.6 is 0 Å². The first-order valence-corrected chi connectivity index (χ1v) is 8.10. The Labute approximate surface area is 144 Å². The lowest BCUT2D eigenvalue weighted by Gasteiger charge is -2.28. The molecule has 132 valence electrons. The molecule has 0 bridgehead atoms. The van der Waals surface area contributed by atoms with Crippen molar-refractivity contribution in [2.24, 2.45) is 0 Å². The van der Waals surface area contributed by atoms with Crippen molar-refractivity contribution in [3.8, 4) is 0 Å². The quantitative estimate of drug-likeness (QED) is 0.582. The van der Waals surface area contributed by atoms with Gasteiger partial charge < -0.3 is 9.64 Å². The van der Waals surface area contributed by atoms with Crippen molar-refractivity contribution in [3.05, 3.63) is 35.9 Å². The van der Waals surface area contributed by atoms with E-state index in [2.05, 4.69) is 0 Å². The van der Waals surface area contributed by atoms with Crippen molar-refractivity contribution in [1.82, 2.24) is 14.7 Å². The molecule has 0 saturated carbocycles. The lowest BCUT2D eigenvalue weighted by Crippen LogP contribution is -2.47. The molecule has 25 heavy (non-hydrogen) atoms. The highest BCUT2D eigenvalue weighted by Gasteiger charge is 2.47. The molecule has 0 aliphatic carbocycles. The van der Waals surface area contributed by atoms with Gasteiger partial charge in [0.25, 0.3) is 0 Å². The molecule has 1 aromatic carbocycles. The Morgan fingerprint density at radius 1 is 1.08 bits per heavy atom. The maximum Gasteiger partial charge on any atom is 0.335 e. The van der Waals surface area contributed by atoms with Crippen molar-refractivity contribution in [3.63, 3.8) is 0 Å². The second kappa shape index (κ2) is 7.02. The lowest BCUT2D eigenvalue weighted by atomic mass is 10.1. The monoisotopic (exact) mass is 345 g/mol. The zero-order valence-corrected chi connectivity index (χ0v) is 13.9. The first-order valence-electron chi connectivity index (χ1n) is 8.10. The summed E-state index contributed by atoms with van der Waals surface area (Å²) in [5.74, 6) is -2.24. The van der Waals surface area contributed by atoms with Crippen LogP contribution in [0.3, 0.4) is 0 Å². The summed E-state index contributed by atoms with van der Waals surface area (Å²) in [5, 5.41) is 0. The van der Waals surface area contributed by atoms with E-state index in [0.29, 0.717) is 26.3 Å². The van der Waals surface area contributed by atoms with Gasteiger partial charge in [-0.1, -0.05) is 30.3 Å². The topological polar surface area (TPSA) is 87.2 Å². The van der Waals surface area contributed by atoms with Gasteiger partial charge in [-0.2, -0.15) is 0 Å². The maximum atomic E-state index is 12.6. The minimum atomic E-state index is -0.964. The van der Waals surface area contributed by atoms with Gasteiger partial charge in [0.15, 0.2) is 0 Å². The zero-order chi connectivity index (χ0) is 18.0. The number of nitrogens with zero attached hydrogens (tertiary/aromatic N) is 3. The lowest BCUT2D eigenvalue weighted by molar-refractivity contribution is -0.146. The number of hydrogen-bond acceptors (Lipinski definition) is 5. The Kier molecular flexibility index (Phi) is 4.80. The first kappa shape index (κ1) is 17.1. The zero-order valence-electron chi connectivity index (χ0n) is 13.9. The van der Waals surface area contributed by atoms with Gasteiger partial charge in [-0.15, -0.1) is 0 Å². The molecule has 8 nitrogen and oxygen atoms in total. The third-order valence-corrected chi connectivity index (χ3v) is 4.41. The smallest absolute Gasteiger partial charge is 0.335 e. The number of urea groups is 1. The average Bonchev–Trinajstić information content (AvgIpc) is 2.86. The van der Waals surface area contributed by atoms with Crippen LogP contribution in [0.4, 0.5) is 4.79 Å². The van der Waals surface area contributed by atoms with Crippen LogP contribution in [0.2, 0.25) is 0 Å². The molecule has 0 unspecified atom stereocenters. The summed E-state index contributed by atoms with van der Waals surface area (Å²) < 4.78 is 5.17. The number of benzene rings is 1. The van der Waals surface area contributed by atoms with Crippen molar-refractivity contribution in [2.45, 2.75) is 13.0 Å². The molecule has 3 rings (SSSR count). The van der Waals surface area contributed by atoms with Crippen molar-refractivity contribution < 1.29 is 23.9 Å². The molecule has 0 N–H and O–H groups in total. The molecule has 8 heteroatoms. The van der Waals surface area contributed by atoms with Gasteiger partial charge in [0, 0.05) is 13.1 Å². The number of imide groups is 2. The van der Waals surface area contributed by atoms with Crippen molar-refractivity contribution in [1.29, 1.82) is 0 Å². The molecule has 2 fully saturated rings. The third-order valence-electron chi connectivity index (χ3n) is 4.41. The molecule has 1 aromatic rings. The Morgan fingerprint density at radius 3 is 2.36 bits per heavy atom. The number of carbonyl (C=O) groups excluding carboxylic acids is 4. The highest BCUT2D eigenvalue weighted by molar-refractivity contribution is 6.45. The minimum absolute atomic E-state index is 0.369. The number of morpholine rings is 1. The number of hydrogen-bond donors (Lipinski definition) is 0. The SMILES string of the molecule is C[C@H](c1ccccc1)N1C(=O)C(=O)N(CC(=O)N2CCOCC2)C1=O. The predicted octanol–water partition coefficient (Wildman–Crippen LogP) is 0.397. The average molecular weight is 345 g/mol. The standard InChI is InChI=1S/C17H19N3O5/c1-12(13-5-3-2-4-6-13)20-16(23)15(22)19(17(20)24)11-14(21)18-7-9-25-10-8-18/h2-6,12H,7-11H2,1H3/t12-/m1/s1. The van der Waals surface area contributed by atoms with Crippen LogP contribution in [0.25, 0.3) is 0 Å². The molecule has 1 atom stereocenters. The molecule has 0 aromatic heterocycles. The van der Waals surface area contributed by atoms with E-state index in [1.165, 1.54) is 4.90 Å². The van der Waals surface area contributed by atoms with E-state index in [1.54, 1.807) is 31.2 Å². The fourth-order valence-corrected chi connectivity index (χ4v) is 2.93. The highest BCUT2D eigenvalue weighted by atomic mass is 16.5. The summed E-state index contributed by atoms with van der Waals surface area (Å²) in [6.45, 7) is 2.90. The van der Waals surface area contributed by atoms with Gasteiger partial charge in [0.1, 0.15) is 6.54 Å². The fraction of sp³-hybridized carbons (Fsp3) is 0.412. The third kappa shape index (κ3) is 3.25. The number of carbonyl (C=O) groups is 4. The van der Waals surface area contributed by atoms with Crippen LogP contribution < -0.4 is 0 Å². The van der Waals surface area contributed by atoms with E-state index >= 15 is 0 Å². The normalized spacial score (nSPS) is 19.6. The summed E-state index contributed by atoms with van der Waals surface area (Å²) in [6, 6.07) is 7.61. The molecule has 0 spiro atoms. The van der Waals surface area contributed by atoms with Gasteiger partial charge in [0.2, 0.25) is 5.91 Å². The van der Waals surface area contributed by atoms with Gasteiger partial charge in [-0.05, 0) is 12.5 Å². The maximum absolute atomic E-state index is 12.6. The number of amides is 5. The molecular weight excluding hydrogens is 326 g/mol. The molecule has 5 amide bonds. The summed E-state index contributed by atoms with van der Waals surface area (Å²) in [5.41, 5.74) is 0.735. The molecule has 2 aliphatic rings. The Hall–Kier alpha value is -2.74. The van der Waals surface area contributed by atoms with E-state index in [4.69, 9.17) is 4.74 Å². The van der Waals surface area contributed by atoms with E-state index < -0.39 is 30.4 Å². The summed E-state index contributed by atoms with van der Waals surface area (Å²) in [4.78, 5) is 52.5. The van der Waals surface area contributed by atoms with Crippen LogP contribution in [-0.2, 0) is 19.1 Å². The second-order valence-corrected chi connectivity index (χ2v) is 5.93. The van der Waals surface area contributed by atoms with Crippen LogP contribution in [0.15, 0.2) is 30.3 Å². The fourth-order valence-electron chi connectivity index (χ4n) is 2.93. The first-order chi connectivity index (χ1) is 12.0. The van der Waals surface area contributed by atoms with Crippen LogP contribution in [0.1, 0.15) is 18.5 Å².